The minimum Gasteiger partial charge on any atom is -1.00 e. The number of ether oxygens (including phenoxy) is 2. The molecule has 0 aliphatic carbocycles. The van der Waals surface area contributed by atoms with Crippen LogP contribution < -0.4 is 24.0 Å². The Kier molecular flexibility index (Phi) is 11.2. The van der Waals surface area contributed by atoms with E-state index in [-0.39, 0.29) is 29.9 Å². The predicted octanol–water partition coefficient (Wildman–Crippen LogP) is -2.21. The standard InChI is InChI=1S/C9H22NO2Si.HI/c1-10(2,3)7-6-8-13-9(11-4)12-5;/h9H,6-8H2,1-5H3;1H/q+1;/p-1. The first-order valence-electron chi connectivity index (χ1n) is 4.59. The second-order valence-corrected chi connectivity index (χ2v) is 5.50. The van der Waals surface area contributed by atoms with Crippen LogP contribution in [0.1, 0.15) is 6.42 Å². The second kappa shape index (κ2) is 9.08. The Morgan fingerprint density at radius 2 is 1.64 bits per heavy atom. The summed E-state index contributed by atoms with van der Waals surface area (Å²) < 4.78 is 11.3. The van der Waals surface area contributed by atoms with E-state index in [1.54, 1.807) is 14.2 Å². The molecule has 14 heavy (non-hydrogen) atoms. The largest absolute Gasteiger partial charge is 1.00 e. The molecule has 5 heteroatoms. The molecule has 0 amide bonds. The third-order valence-electron chi connectivity index (χ3n) is 1.74. The summed E-state index contributed by atoms with van der Waals surface area (Å²) in [6, 6.07) is 1.20. The molecule has 0 fully saturated rings. The number of halogens is 1. The summed E-state index contributed by atoms with van der Waals surface area (Å²) >= 11 is 0. The van der Waals surface area contributed by atoms with Crippen LogP contribution in [0.4, 0.5) is 0 Å². The highest BCUT2D eigenvalue weighted by Crippen LogP contribution is 2.00. The van der Waals surface area contributed by atoms with Crippen LogP contribution in [-0.4, -0.2) is 61.8 Å². The Balaban J connectivity index is 0. The van der Waals surface area contributed by atoms with Gasteiger partial charge in [-0.25, -0.2) is 0 Å². The molecular formula is C9H22INO2Si. The van der Waals surface area contributed by atoms with Gasteiger partial charge in [0.1, 0.15) is 15.4 Å². The van der Waals surface area contributed by atoms with Crippen molar-refractivity contribution in [3.63, 3.8) is 0 Å². The van der Waals surface area contributed by atoms with Gasteiger partial charge in [-0.3, -0.25) is 0 Å². The van der Waals surface area contributed by atoms with Gasteiger partial charge in [0.2, 0.25) is 0 Å². The summed E-state index contributed by atoms with van der Waals surface area (Å²) in [5.74, 6) is 0.00692. The SMILES string of the molecule is COC(OC)[Si]CCC[N+](C)(C)C.[I-]. The molecule has 0 heterocycles. The first-order chi connectivity index (χ1) is 5.99. The van der Waals surface area contributed by atoms with Gasteiger partial charge in [-0.2, -0.15) is 0 Å². The summed E-state index contributed by atoms with van der Waals surface area (Å²) in [5, 5.41) is 0. The van der Waals surface area contributed by atoms with Crippen LogP contribution in [0.2, 0.25) is 6.04 Å². The molecule has 86 valence electrons. The molecule has 0 saturated carbocycles. The van der Waals surface area contributed by atoms with Crippen LogP contribution in [0.15, 0.2) is 0 Å². The fourth-order valence-electron chi connectivity index (χ4n) is 1.04. The number of quaternary nitrogens is 1. The van der Waals surface area contributed by atoms with Gasteiger partial charge in [-0.15, -0.1) is 0 Å². The minimum atomic E-state index is 0. The molecule has 0 aromatic carbocycles. The molecule has 0 N–H and O–H groups in total. The fraction of sp³-hybridized carbons (Fsp3) is 1.00. The normalized spacial score (nSPS) is 11.6. The van der Waals surface area contributed by atoms with Crippen LogP contribution in [0, 0.1) is 0 Å². The van der Waals surface area contributed by atoms with Gasteiger partial charge in [0.05, 0.1) is 27.7 Å². The quantitative estimate of drug-likeness (QED) is 0.173. The minimum absolute atomic E-state index is 0. The van der Waals surface area contributed by atoms with Gasteiger partial charge in [0.25, 0.3) is 0 Å². The van der Waals surface area contributed by atoms with Crippen molar-refractivity contribution in [2.24, 2.45) is 0 Å². The Bertz CT molecular complexity index is 126. The van der Waals surface area contributed by atoms with Gasteiger partial charge >= 0.3 is 0 Å². The molecular weight excluding hydrogens is 309 g/mol. The van der Waals surface area contributed by atoms with E-state index in [0.717, 1.165) is 14.0 Å². The third-order valence-corrected chi connectivity index (χ3v) is 3.19. The number of nitrogens with zero attached hydrogens (tertiary/aromatic N) is 1. The molecule has 0 spiro atoms. The lowest BCUT2D eigenvalue weighted by atomic mass is 10.4. The fourth-order valence-corrected chi connectivity index (χ4v) is 1.97. The zero-order valence-electron chi connectivity index (χ0n) is 9.84. The number of rotatable bonds is 7. The summed E-state index contributed by atoms with van der Waals surface area (Å²) in [7, 11) is 10.8. The maximum absolute atomic E-state index is 5.12. The Hall–Kier alpha value is 0.827. The lowest BCUT2D eigenvalue weighted by molar-refractivity contribution is -0.870. The van der Waals surface area contributed by atoms with Crippen molar-refractivity contribution < 1.29 is 37.9 Å². The second-order valence-electron chi connectivity index (χ2n) is 4.12. The van der Waals surface area contributed by atoms with Crippen molar-refractivity contribution >= 4 is 9.52 Å². The van der Waals surface area contributed by atoms with Crippen molar-refractivity contribution in [2.45, 2.75) is 18.4 Å². The van der Waals surface area contributed by atoms with E-state index in [9.17, 15) is 0 Å². The number of methoxy groups -OCH3 is 2. The Morgan fingerprint density at radius 1 is 1.14 bits per heavy atom. The summed E-state index contributed by atoms with van der Waals surface area (Å²) in [4.78, 5) is 0. The zero-order chi connectivity index (χ0) is 10.3. The van der Waals surface area contributed by atoms with Crippen molar-refractivity contribution in [2.75, 3.05) is 41.9 Å². The topological polar surface area (TPSA) is 18.5 Å². The summed E-state index contributed by atoms with van der Waals surface area (Å²) in [5.41, 5.74) is 0. The van der Waals surface area contributed by atoms with Crippen LogP contribution >= 0.6 is 0 Å². The van der Waals surface area contributed by atoms with E-state index in [4.69, 9.17) is 9.47 Å². The molecule has 3 nitrogen and oxygen atoms in total. The van der Waals surface area contributed by atoms with Crippen LogP contribution in [0.3, 0.4) is 0 Å². The number of hydrogen-bond donors (Lipinski definition) is 0. The van der Waals surface area contributed by atoms with Crippen molar-refractivity contribution in [3.8, 4) is 0 Å². The van der Waals surface area contributed by atoms with E-state index in [1.807, 2.05) is 0 Å². The Morgan fingerprint density at radius 3 is 2.00 bits per heavy atom. The third kappa shape index (κ3) is 10.9. The van der Waals surface area contributed by atoms with E-state index >= 15 is 0 Å². The molecule has 0 saturated heterocycles. The highest BCUT2D eigenvalue weighted by Gasteiger charge is 2.09. The van der Waals surface area contributed by atoms with E-state index < -0.39 is 0 Å². The van der Waals surface area contributed by atoms with Gasteiger partial charge < -0.3 is 37.9 Å². The molecule has 0 atom stereocenters. The molecule has 0 bridgehead atoms. The first kappa shape index (κ1) is 17.2. The lowest BCUT2D eigenvalue weighted by Crippen LogP contribution is -3.00. The molecule has 0 aliphatic rings. The molecule has 0 aliphatic heterocycles. The van der Waals surface area contributed by atoms with E-state index in [1.165, 1.54) is 19.0 Å². The van der Waals surface area contributed by atoms with Crippen molar-refractivity contribution in [1.82, 2.24) is 0 Å². The van der Waals surface area contributed by atoms with Crippen molar-refractivity contribution in [1.29, 1.82) is 0 Å². The average molecular weight is 331 g/mol. The van der Waals surface area contributed by atoms with E-state index in [2.05, 4.69) is 21.1 Å². The maximum atomic E-state index is 5.12. The van der Waals surface area contributed by atoms with Crippen LogP contribution in [0.5, 0.6) is 0 Å². The van der Waals surface area contributed by atoms with Gasteiger partial charge in [-0.1, -0.05) is 6.04 Å². The van der Waals surface area contributed by atoms with Crippen LogP contribution in [-0.2, 0) is 9.47 Å². The molecule has 0 aromatic rings. The van der Waals surface area contributed by atoms with Crippen LogP contribution in [0.25, 0.3) is 0 Å². The highest BCUT2D eigenvalue weighted by atomic mass is 127. The Labute approximate surface area is 108 Å². The first-order valence-corrected chi connectivity index (χ1v) is 5.87. The summed E-state index contributed by atoms with van der Waals surface area (Å²) in [6.07, 6.45) is 1.24. The lowest BCUT2D eigenvalue weighted by Gasteiger charge is -2.23. The highest BCUT2D eigenvalue weighted by molar-refractivity contribution is 6.36. The smallest absolute Gasteiger partial charge is 0.136 e. The summed E-state index contributed by atoms with van der Waals surface area (Å²) in [6.45, 7) is 1.22. The van der Waals surface area contributed by atoms with Gasteiger partial charge in [-0.05, 0) is 6.42 Å². The van der Waals surface area contributed by atoms with Gasteiger partial charge in [0, 0.05) is 14.2 Å². The maximum Gasteiger partial charge on any atom is 0.136 e. The van der Waals surface area contributed by atoms with Crippen molar-refractivity contribution in [3.05, 3.63) is 0 Å². The predicted molar refractivity (Wildman–Crippen MR) is 55.9 cm³/mol. The molecule has 2 radical (unpaired) electrons. The average Bonchev–Trinajstić information content (AvgIpc) is 2.03. The monoisotopic (exact) mass is 331 g/mol. The van der Waals surface area contributed by atoms with Gasteiger partial charge in [0.15, 0.2) is 0 Å². The molecule has 0 rings (SSSR count). The molecule has 0 unspecified atom stereocenters. The van der Waals surface area contributed by atoms with E-state index in [0.29, 0.717) is 0 Å². The zero-order valence-corrected chi connectivity index (χ0v) is 13.0. The molecule has 0 aromatic heterocycles. The number of hydrogen-bond acceptors (Lipinski definition) is 2.